The van der Waals surface area contributed by atoms with E-state index in [1.54, 1.807) is 23.5 Å². The molecule has 4 heteroatoms. The van der Waals surface area contributed by atoms with Crippen LogP contribution in [0, 0.1) is 0 Å². The summed E-state index contributed by atoms with van der Waals surface area (Å²) in [4.78, 5) is 4.72. The third kappa shape index (κ3) is 3.53. The van der Waals surface area contributed by atoms with Gasteiger partial charge in [-0.15, -0.1) is 11.3 Å². The minimum absolute atomic E-state index is 0.171. The average molecular weight is 310 g/mol. The Balaban J connectivity index is 1.66. The summed E-state index contributed by atoms with van der Waals surface area (Å²) in [5.74, 6) is 0.299. The quantitative estimate of drug-likeness (QED) is 0.735. The maximum Gasteiger partial charge on any atom is 0.115 e. The Morgan fingerprint density at radius 1 is 1.14 bits per heavy atom. The van der Waals surface area contributed by atoms with Gasteiger partial charge in [0.2, 0.25) is 0 Å². The lowest BCUT2D eigenvalue weighted by molar-refractivity contribution is 0.473. The molecule has 2 N–H and O–H groups in total. The molecule has 0 saturated heterocycles. The molecule has 0 fully saturated rings. The Labute approximate surface area is 134 Å². The van der Waals surface area contributed by atoms with Gasteiger partial charge in [-0.1, -0.05) is 42.5 Å². The smallest absolute Gasteiger partial charge is 0.115 e. The molecule has 1 aromatic heterocycles. The van der Waals surface area contributed by atoms with E-state index in [9.17, 15) is 5.11 Å². The van der Waals surface area contributed by atoms with Crippen molar-refractivity contribution in [1.82, 2.24) is 10.3 Å². The molecule has 1 heterocycles. The monoisotopic (exact) mass is 310 g/mol. The molecule has 0 amide bonds. The molecule has 0 aliphatic carbocycles. The van der Waals surface area contributed by atoms with Crippen LogP contribution in [0.15, 0.2) is 60.0 Å². The van der Waals surface area contributed by atoms with Gasteiger partial charge in [0.25, 0.3) is 0 Å². The maximum absolute atomic E-state index is 9.49. The molecule has 0 bridgehead atoms. The molecule has 0 spiro atoms. The van der Waals surface area contributed by atoms with Crippen LogP contribution in [-0.2, 0) is 6.54 Å². The van der Waals surface area contributed by atoms with E-state index in [4.69, 9.17) is 4.98 Å². The lowest BCUT2D eigenvalue weighted by Gasteiger charge is -2.11. The number of phenolic OH excluding ortho intramolecular Hbond substituents is 1. The third-order valence-corrected chi connectivity index (χ3v) is 4.51. The van der Waals surface area contributed by atoms with Gasteiger partial charge in [-0.2, -0.15) is 0 Å². The zero-order valence-electron chi connectivity index (χ0n) is 12.4. The van der Waals surface area contributed by atoms with Crippen LogP contribution in [0.25, 0.3) is 11.3 Å². The van der Waals surface area contributed by atoms with Crippen molar-refractivity contribution in [2.24, 2.45) is 0 Å². The first-order valence-corrected chi connectivity index (χ1v) is 8.12. The van der Waals surface area contributed by atoms with Gasteiger partial charge in [-0.05, 0) is 24.6 Å². The van der Waals surface area contributed by atoms with Crippen molar-refractivity contribution in [1.29, 1.82) is 0 Å². The number of rotatable bonds is 5. The van der Waals surface area contributed by atoms with Gasteiger partial charge in [-0.25, -0.2) is 4.98 Å². The second-order valence-electron chi connectivity index (χ2n) is 5.21. The van der Waals surface area contributed by atoms with Gasteiger partial charge in [0.15, 0.2) is 0 Å². The van der Waals surface area contributed by atoms with E-state index in [0.717, 1.165) is 21.8 Å². The van der Waals surface area contributed by atoms with E-state index in [1.807, 2.05) is 30.3 Å². The fraction of sp³-hybridized carbons (Fsp3) is 0.167. The lowest BCUT2D eigenvalue weighted by Crippen LogP contribution is -2.17. The Bertz CT molecular complexity index is 740. The highest BCUT2D eigenvalue weighted by Crippen LogP contribution is 2.25. The van der Waals surface area contributed by atoms with Gasteiger partial charge in [-0.3, -0.25) is 0 Å². The third-order valence-electron chi connectivity index (χ3n) is 3.48. The second kappa shape index (κ2) is 6.73. The van der Waals surface area contributed by atoms with Crippen LogP contribution in [0.3, 0.4) is 0 Å². The number of nitrogens with zero attached hydrogens (tertiary/aromatic N) is 1. The summed E-state index contributed by atoms with van der Waals surface area (Å²) in [5.41, 5.74) is 3.23. The van der Waals surface area contributed by atoms with Crippen LogP contribution in [0.5, 0.6) is 5.75 Å². The van der Waals surface area contributed by atoms with Crippen LogP contribution in [0.4, 0.5) is 0 Å². The maximum atomic E-state index is 9.49. The van der Waals surface area contributed by atoms with Crippen LogP contribution in [0.2, 0.25) is 0 Å². The van der Waals surface area contributed by atoms with Gasteiger partial charge in [0.05, 0.1) is 11.7 Å². The average Bonchev–Trinajstić information content (AvgIpc) is 3.04. The largest absolute Gasteiger partial charge is 0.508 e. The summed E-state index contributed by atoms with van der Waals surface area (Å²) < 4.78 is 0. The first-order valence-electron chi connectivity index (χ1n) is 7.24. The van der Waals surface area contributed by atoms with E-state index in [1.165, 1.54) is 0 Å². The van der Waals surface area contributed by atoms with Crippen molar-refractivity contribution >= 4 is 11.3 Å². The normalized spacial score (nSPS) is 12.2. The zero-order chi connectivity index (χ0) is 15.4. The summed E-state index contributed by atoms with van der Waals surface area (Å²) >= 11 is 1.67. The molecule has 112 valence electrons. The van der Waals surface area contributed by atoms with Crippen molar-refractivity contribution in [3.63, 3.8) is 0 Å². The second-order valence-corrected chi connectivity index (χ2v) is 6.10. The number of aromatic hydroxyl groups is 1. The van der Waals surface area contributed by atoms with Crippen LogP contribution in [-0.4, -0.2) is 10.1 Å². The predicted molar refractivity (Wildman–Crippen MR) is 90.9 cm³/mol. The van der Waals surface area contributed by atoms with E-state index < -0.39 is 0 Å². The fourth-order valence-electron chi connectivity index (χ4n) is 2.25. The first-order chi connectivity index (χ1) is 10.7. The van der Waals surface area contributed by atoms with Crippen molar-refractivity contribution in [3.8, 4) is 17.0 Å². The molecular weight excluding hydrogens is 292 g/mol. The zero-order valence-corrected chi connectivity index (χ0v) is 13.2. The molecule has 3 rings (SSSR count). The molecule has 22 heavy (non-hydrogen) atoms. The first kappa shape index (κ1) is 14.8. The van der Waals surface area contributed by atoms with Crippen molar-refractivity contribution < 1.29 is 5.11 Å². The number of nitrogens with one attached hydrogen (secondary N) is 1. The number of benzene rings is 2. The molecule has 0 aliphatic rings. The molecule has 0 unspecified atom stereocenters. The molecule has 0 saturated carbocycles. The van der Waals surface area contributed by atoms with E-state index in [0.29, 0.717) is 12.3 Å². The van der Waals surface area contributed by atoms with Gasteiger partial charge in [0.1, 0.15) is 10.8 Å². The Morgan fingerprint density at radius 2 is 1.95 bits per heavy atom. The highest BCUT2D eigenvalue weighted by Gasteiger charge is 2.11. The summed E-state index contributed by atoms with van der Waals surface area (Å²) in [6.45, 7) is 2.81. The number of thiazole rings is 1. The minimum atomic E-state index is 0.171. The van der Waals surface area contributed by atoms with Crippen molar-refractivity contribution in [2.75, 3.05) is 0 Å². The summed E-state index contributed by atoms with van der Waals surface area (Å²) in [6.07, 6.45) is 0. The van der Waals surface area contributed by atoms with Crippen molar-refractivity contribution in [3.05, 3.63) is 70.5 Å². The molecule has 0 aliphatic heterocycles. The number of phenols is 1. The van der Waals surface area contributed by atoms with Gasteiger partial charge < -0.3 is 10.4 Å². The van der Waals surface area contributed by atoms with Gasteiger partial charge in [0, 0.05) is 17.5 Å². The topological polar surface area (TPSA) is 45.1 Å². The van der Waals surface area contributed by atoms with Crippen LogP contribution in [0.1, 0.15) is 23.5 Å². The van der Waals surface area contributed by atoms with Gasteiger partial charge >= 0.3 is 0 Å². The molecular formula is C18H18N2OS. The predicted octanol–water partition coefficient (Wildman–Crippen LogP) is 4.37. The summed E-state index contributed by atoms with van der Waals surface area (Å²) in [6, 6.07) is 17.7. The minimum Gasteiger partial charge on any atom is -0.508 e. The van der Waals surface area contributed by atoms with E-state index in [-0.39, 0.29) is 6.04 Å². The lowest BCUT2D eigenvalue weighted by atomic mass is 10.2. The standard InChI is InChI=1S/C18H18N2OS/c1-13(19-11-14-6-5-9-16(21)10-14)18-20-17(12-22-18)15-7-3-2-4-8-15/h2-10,12-13,19,21H,11H2,1H3/t13-/m1/s1. The fourth-order valence-corrected chi connectivity index (χ4v) is 3.11. The molecule has 0 radical (unpaired) electrons. The Kier molecular flexibility index (Phi) is 4.51. The number of hydrogen-bond donors (Lipinski definition) is 2. The van der Waals surface area contributed by atoms with E-state index >= 15 is 0 Å². The van der Waals surface area contributed by atoms with Crippen LogP contribution >= 0.6 is 11.3 Å². The summed E-state index contributed by atoms with van der Waals surface area (Å²) in [5, 5.41) is 16.1. The summed E-state index contributed by atoms with van der Waals surface area (Å²) in [7, 11) is 0. The highest BCUT2D eigenvalue weighted by molar-refractivity contribution is 7.10. The number of hydrogen-bond acceptors (Lipinski definition) is 4. The highest BCUT2D eigenvalue weighted by atomic mass is 32.1. The molecule has 3 aromatic rings. The number of aromatic nitrogens is 1. The molecule has 2 aromatic carbocycles. The molecule has 3 nitrogen and oxygen atoms in total. The van der Waals surface area contributed by atoms with E-state index in [2.05, 4.69) is 29.8 Å². The van der Waals surface area contributed by atoms with Crippen molar-refractivity contribution in [2.45, 2.75) is 19.5 Å². The molecule has 1 atom stereocenters. The Morgan fingerprint density at radius 3 is 2.73 bits per heavy atom. The SMILES string of the molecule is C[C@@H](NCc1cccc(O)c1)c1nc(-c2ccccc2)cs1. The van der Waals surface area contributed by atoms with Crippen LogP contribution < -0.4 is 5.32 Å². The Hall–Kier alpha value is -2.17.